The monoisotopic (exact) mass is 370 g/mol. The number of carbonyl (C=O) groups excluding carboxylic acids is 2. The molecule has 1 atom stereocenters. The Morgan fingerprint density at radius 1 is 1.30 bits per heavy atom. The fourth-order valence-electron chi connectivity index (χ4n) is 4.15. The SMILES string of the molecule is Cc1ccoc1C(=O)N1CCn2cc(CC(=O)NC3CCCC3)nc2[C@H]1C. The molecule has 0 aromatic carbocycles. The smallest absolute Gasteiger partial charge is 0.290 e. The molecule has 4 rings (SSSR count). The van der Waals surface area contributed by atoms with Crippen LogP contribution in [0.4, 0.5) is 0 Å². The zero-order valence-corrected chi connectivity index (χ0v) is 15.9. The molecule has 7 heteroatoms. The van der Waals surface area contributed by atoms with Crippen molar-refractivity contribution >= 4 is 11.8 Å². The molecule has 0 saturated heterocycles. The zero-order chi connectivity index (χ0) is 19.0. The molecule has 1 aliphatic heterocycles. The Balaban J connectivity index is 1.45. The van der Waals surface area contributed by atoms with Crippen LogP contribution < -0.4 is 5.32 Å². The van der Waals surface area contributed by atoms with Crippen molar-refractivity contribution in [2.75, 3.05) is 6.54 Å². The van der Waals surface area contributed by atoms with Gasteiger partial charge in [-0.05, 0) is 32.8 Å². The number of imidazole rings is 1. The van der Waals surface area contributed by atoms with Crippen LogP contribution in [0.3, 0.4) is 0 Å². The molecular formula is C20H26N4O3. The largest absolute Gasteiger partial charge is 0.459 e. The molecule has 2 aliphatic rings. The highest BCUT2D eigenvalue weighted by atomic mass is 16.3. The fourth-order valence-corrected chi connectivity index (χ4v) is 4.15. The van der Waals surface area contributed by atoms with Gasteiger partial charge in [0.05, 0.1) is 24.4 Å². The molecule has 3 heterocycles. The number of rotatable bonds is 4. The molecule has 0 spiro atoms. The number of carbonyl (C=O) groups is 2. The lowest BCUT2D eigenvalue weighted by Gasteiger charge is -2.33. The molecule has 0 unspecified atom stereocenters. The average Bonchev–Trinajstić information content (AvgIpc) is 3.36. The summed E-state index contributed by atoms with van der Waals surface area (Å²) in [6.07, 6.45) is 8.31. The van der Waals surface area contributed by atoms with Gasteiger partial charge in [0.1, 0.15) is 5.82 Å². The second-order valence-electron chi connectivity index (χ2n) is 7.62. The molecule has 1 fully saturated rings. The molecule has 144 valence electrons. The number of fused-ring (bicyclic) bond motifs is 1. The Morgan fingerprint density at radius 2 is 2.07 bits per heavy atom. The van der Waals surface area contributed by atoms with E-state index >= 15 is 0 Å². The molecule has 0 radical (unpaired) electrons. The second-order valence-corrected chi connectivity index (χ2v) is 7.62. The highest BCUT2D eigenvalue weighted by molar-refractivity contribution is 5.93. The average molecular weight is 370 g/mol. The predicted octanol–water partition coefficient (Wildman–Crippen LogP) is 2.60. The van der Waals surface area contributed by atoms with Crippen LogP contribution >= 0.6 is 0 Å². The van der Waals surface area contributed by atoms with Gasteiger partial charge in [0.25, 0.3) is 5.91 Å². The molecule has 2 aromatic heterocycles. The molecule has 7 nitrogen and oxygen atoms in total. The van der Waals surface area contributed by atoms with Crippen LogP contribution in [0.25, 0.3) is 0 Å². The highest BCUT2D eigenvalue weighted by Gasteiger charge is 2.32. The highest BCUT2D eigenvalue weighted by Crippen LogP contribution is 2.27. The minimum absolute atomic E-state index is 0.0316. The molecule has 1 N–H and O–H groups in total. The third-order valence-corrected chi connectivity index (χ3v) is 5.66. The Hall–Kier alpha value is -2.57. The summed E-state index contributed by atoms with van der Waals surface area (Å²) in [5, 5.41) is 3.11. The predicted molar refractivity (Wildman–Crippen MR) is 99.2 cm³/mol. The molecule has 2 aromatic rings. The van der Waals surface area contributed by atoms with Crippen LogP contribution in [-0.2, 0) is 17.8 Å². The van der Waals surface area contributed by atoms with Crippen molar-refractivity contribution in [2.45, 2.75) is 64.6 Å². The summed E-state index contributed by atoms with van der Waals surface area (Å²) in [6, 6.07) is 1.95. The van der Waals surface area contributed by atoms with E-state index < -0.39 is 0 Å². The Kier molecular flexibility index (Phi) is 4.76. The van der Waals surface area contributed by atoms with Crippen LogP contribution in [0.5, 0.6) is 0 Å². The number of hydrogen-bond acceptors (Lipinski definition) is 4. The van der Waals surface area contributed by atoms with E-state index in [-0.39, 0.29) is 24.3 Å². The molecular weight excluding hydrogens is 344 g/mol. The molecule has 27 heavy (non-hydrogen) atoms. The minimum Gasteiger partial charge on any atom is -0.459 e. The third-order valence-electron chi connectivity index (χ3n) is 5.66. The van der Waals surface area contributed by atoms with Crippen molar-refractivity contribution < 1.29 is 14.0 Å². The maximum absolute atomic E-state index is 12.8. The van der Waals surface area contributed by atoms with Gasteiger partial charge in [0.2, 0.25) is 5.91 Å². The van der Waals surface area contributed by atoms with Crippen LogP contribution in [0, 0.1) is 6.92 Å². The number of hydrogen-bond donors (Lipinski definition) is 1. The molecule has 1 saturated carbocycles. The van der Waals surface area contributed by atoms with Crippen LogP contribution in [0.15, 0.2) is 22.9 Å². The van der Waals surface area contributed by atoms with E-state index in [9.17, 15) is 9.59 Å². The third kappa shape index (κ3) is 3.50. The Labute approximate surface area is 158 Å². The Morgan fingerprint density at radius 3 is 2.78 bits per heavy atom. The zero-order valence-electron chi connectivity index (χ0n) is 15.9. The van der Waals surface area contributed by atoms with Crippen LogP contribution in [0.1, 0.15) is 66.3 Å². The summed E-state index contributed by atoms with van der Waals surface area (Å²) in [4.78, 5) is 31.6. The van der Waals surface area contributed by atoms with Gasteiger partial charge >= 0.3 is 0 Å². The standard InChI is InChI=1S/C20H26N4O3/c1-13-7-10-27-18(13)20(26)24-9-8-23-12-16(22-19(23)14(24)2)11-17(25)21-15-5-3-4-6-15/h7,10,12,14-15H,3-6,8-9,11H2,1-2H3,(H,21,25)/t14-/m1/s1. The number of nitrogens with one attached hydrogen (secondary N) is 1. The van der Waals surface area contributed by atoms with Gasteiger partial charge in [0, 0.05) is 30.9 Å². The summed E-state index contributed by atoms with van der Waals surface area (Å²) in [5.41, 5.74) is 1.60. The maximum Gasteiger partial charge on any atom is 0.290 e. The van der Waals surface area contributed by atoms with E-state index in [0.717, 1.165) is 29.9 Å². The normalized spacial score (nSPS) is 19.9. The Bertz CT molecular complexity index is 847. The first-order chi connectivity index (χ1) is 13.0. The molecule has 0 bridgehead atoms. The van der Waals surface area contributed by atoms with Crippen molar-refractivity contribution in [3.63, 3.8) is 0 Å². The number of aryl methyl sites for hydroxylation is 1. The van der Waals surface area contributed by atoms with E-state index in [1.165, 1.54) is 12.8 Å². The van der Waals surface area contributed by atoms with E-state index in [2.05, 4.69) is 14.9 Å². The lowest BCUT2D eigenvalue weighted by molar-refractivity contribution is -0.121. The van der Waals surface area contributed by atoms with Gasteiger partial charge in [-0.25, -0.2) is 4.98 Å². The van der Waals surface area contributed by atoms with E-state index in [1.807, 2.05) is 20.0 Å². The first-order valence-electron chi connectivity index (χ1n) is 9.73. The van der Waals surface area contributed by atoms with Gasteiger partial charge in [-0.3, -0.25) is 9.59 Å². The van der Waals surface area contributed by atoms with Gasteiger partial charge in [0.15, 0.2) is 5.76 Å². The topological polar surface area (TPSA) is 80.4 Å². The van der Waals surface area contributed by atoms with E-state index in [1.54, 1.807) is 17.2 Å². The van der Waals surface area contributed by atoms with Gasteiger partial charge in [-0.2, -0.15) is 0 Å². The number of aromatic nitrogens is 2. The number of amides is 2. The summed E-state index contributed by atoms with van der Waals surface area (Å²) in [6.45, 7) is 5.10. The van der Waals surface area contributed by atoms with Crippen molar-refractivity contribution in [1.29, 1.82) is 0 Å². The van der Waals surface area contributed by atoms with E-state index in [0.29, 0.717) is 24.9 Å². The van der Waals surface area contributed by atoms with Crippen LogP contribution in [-0.4, -0.2) is 38.9 Å². The minimum atomic E-state index is -0.164. The molecule has 2 amide bonds. The van der Waals surface area contributed by atoms with Gasteiger partial charge < -0.3 is 19.2 Å². The fraction of sp³-hybridized carbons (Fsp3) is 0.550. The quantitative estimate of drug-likeness (QED) is 0.897. The first kappa shape index (κ1) is 17.8. The summed E-state index contributed by atoms with van der Waals surface area (Å²) < 4.78 is 7.42. The van der Waals surface area contributed by atoms with Gasteiger partial charge in [-0.15, -0.1) is 0 Å². The summed E-state index contributed by atoms with van der Waals surface area (Å²) in [5.74, 6) is 1.13. The van der Waals surface area contributed by atoms with Crippen molar-refractivity contribution in [3.8, 4) is 0 Å². The number of nitrogens with zero attached hydrogens (tertiary/aromatic N) is 3. The first-order valence-corrected chi connectivity index (χ1v) is 9.73. The molecule has 1 aliphatic carbocycles. The summed E-state index contributed by atoms with van der Waals surface area (Å²) >= 11 is 0. The number of furan rings is 1. The lowest BCUT2D eigenvalue weighted by atomic mass is 10.1. The lowest BCUT2D eigenvalue weighted by Crippen LogP contribution is -2.41. The van der Waals surface area contributed by atoms with E-state index in [4.69, 9.17) is 4.42 Å². The van der Waals surface area contributed by atoms with Crippen LogP contribution in [0.2, 0.25) is 0 Å². The van der Waals surface area contributed by atoms with Crippen molar-refractivity contribution in [1.82, 2.24) is 19.8 Å². The van der Waals surface area contributed by atoms with Crippen molar-refractivity contribution in [3.05, 3.63) is 41.4 Å². The second kappa shape index (κ2) is 7.21. The summed E-state index contributed by atoms with van der Waals surface area (Å²) in [7, 11) is 0. The van der Waals surface area contributed by atoms with Gasteiger partial charge in [-0.1, -0.05) is 12.8 Å². The maximum atomic E-state index is 12.8. The van der Waals surface area contributed by atoms with Crippen molar-refractivity contribution in [2.24, 2.45) is 0 Å².